The van der Waals surface area contributed by atoms with Crippen molar-refractivity contribution in [2.24, 2.45) is 4.99 Å². The Bertz CT molecular complexity index is 631. The number of Topliss-reactive ketones (excluding diaryl/α,β-unsaturated/α-hetero) is 1. The summed E-state index contributed by atoms with van der Waals surface area (Å²) < 4.78 is 5.40. The van der Waals surface area contributed by atoms with Crippen molar-refractivity contribution in [3.8, 4) is 18.1 Å². The number of carbonyl (C=O) groups is 1. The van der Waals surface area contributed by atoms with Gasteiger partial charge in [-0.3, -0.25) is 4.79 Å². The van der Waals surface area contributed by atoms with Crippen molar-refractivity contribution in [1.29, 1.82) is 0 Å². The fourth-order valence-electron chi connectivity index (χ4n) is 1.75. The smallest absolute Gasteiger partial charge is 0.186 e. The zero-order chi connectivity index (χ0) is 15.1. The topological polar surface area (TPSA) is 38.7 Å². The highest BCUT2D eigenvalue weighted by Gasteiger charge is 2.08. The van der Waals surface area contributed by atoms with E-state index in [0.29, 0.717) is 0 Å². The number of aryl methyl sites for hydroxylation is 1. The molecule has 0 fully saturated rings. The molecule has 1 aromatic rings. The maximum absolute atomic E-state index is 11.2. The maximum atomic E-state index is 11.2. The lowest BCUT2D eigenvalue weighted by Crippen LogP contribution is -2.05. The van der Waals surface area contributed by atoms with Gasteiger partial charge < -0.3 is 4.74 Å². The van der Waals surface area contributed by atoms with Crippen molar-refractivity contribution in [2.45, 2.75) is 13.8 Å². The monoisotopic (exact) mass is 267 g/mol. The third-order valence-corrected chi connectivity index (χ3v) is 2.75. The number of benzene rings is 1. The van der Waals surface area contributed by atoms with Crippen LogP contribution in [0.1, 0.15) is 18.1 Å². The first-order valence-corrected chi connectivity index (χ1v) is 6.07. The summed E-state index contributed by atoms with van der Waals surface area (Å²) in [4.78, 5) is 15.3. The number of ketones is 1. The van der Waals surface area contributed by atoms with Crippen LogP contribution in [-0.4, -0.2) is 18.6 Å². The van der Waals surface area contributed by atoms with Crippen LogP contribution in [0.4, 0.5) is 0 Å². The summed E-state index contributed by atoms with van der Waals surface area (Å²) in [5, 5.41) is 0. The van der Waals surface area contributed by atoms with Crippen molar-refractivity contribution in [3.63, 3.8) is 0 Å². The molecule has 1 rings (SSSR count). The van der Waals surface area contributed by atoms with Gasteiger partial charge in [-0.05, 0) is 18.4 Å². The first-order chi connectivity index (χ1) is 9.54. The molecule has 0 radical (unpaired) electrons. The van der Waals surface area contributed by atoms with Gasteiger partial charge >= 0.3 is 0 Å². The first kappa shape index (κ1) is 15.5. The number of ether oxygens (including phenoxy) is 1. The van der Waals surface area contributed by atoms with Gasteiger partial charge in [0.15, 0.2) is 11.5 Å². The second kappa shape index (κ2) is 7.10. The lowest BCUT2D eigenvalue weighted by Gasteiger charge is -2.11. The number of hydrogen-bond acceptors (Lipinski definition) is 3. The number of para-hydroxylation sites is 1. The minimum absolute atomic E-state index is 0.0796. The van der Waals surface area contributed by atoms with Crippen LogP contribution < -0.4 is 4.74 Å². The molecule has 0 saturated carbocycles. The largest absolute Gasteiger partial charge is 0.496 e. The van der Waals surface area contributed by atoms with Gasteiger partial charge in [-0.1, -0.05) is 30.9 Å². The maximum Gasteiger partial charge on any atom is 0.186 e. The number of carbonyl (C=O) groups excluding carboxylic acids is 1. The summed E-state index contributed by atoms with van der Waals surface area (Å²) in [5.74, 6) is 2.76. The van der Waals surface area contributed by atoms with E-state index in [2.05, 4.69) is 17.5 Å². The lowest BCUT2D eigenvalue weighted by molar-refractivity contribution is -0.110. The highest BCUT2D eigenvalue weighted by molar-refractivity contribution is 6.45. The molecule has 0 N–H and O–H groups in total. The Balaban J connectivity index is 3.35. The number of hydrogen-bond donors (Lipinski definition) is 0. The van der Waals surface area contributed by atoms with Crippen molar-refractivity contribution >= 4 is 17.1 Å². The predicted octanol–water partition coefficient (Wildman–Crippen LogP) is 3.19. The molecule has 0 unspecified atom stereocenters. The van der Waals surface area contributed by atoms with E-state index in [4.69, 9.17) is 11.2 Å². The number of methoxy groups -OCH3 is 1. The van der Waals surface area contributed by atoms with Crippen LogP contribution in [0.5, 0.6) is 5.75 Å². The fourth-order valence-corrected chi connectivity index (χ4v) is 1.75. The Labute approximate surface area is 119 Å². The van der Waals surface area contributed by atoms with Gasteiger partial charge in [0.25, 0.3) is 0 Å². The van der Waals surface area contributed by atoms with E-state index in [-0.39, 0.29) is 11.5 Å². The molecule has 1 aromatic carbocycles. The third kappa shape index (κ3) is 3.46. The second-order valence-electron chi connectivity index (χ2n) is 4.12. The van der Waals surface area contributed by atoms with E-state index in [1.165, 1.54) is 13.1 Å². The molecule has 0 aromatic heterocycles. The van der Waals surface area contributed by atoms with Gasteiger partial charge in [-0.2, -0.15) is 0 Å². The molecule has 0 saturated heterocycles. The summed E-state index contributed by atoms with van der Waals surface area (Å²) in [6, 6.07) is 5.77. The number of terminal acetylenes is 1. The molecule has 0 heterocycles. The highest BCUT2D eigenvalue weighted by Crippen LogP contribution is 2.29. The molecular weight excluding hydrogens is 250 g/mol. The van der Waals surface area contributed by atoms with Crippen LogP contribution >= 0.6 is 0 Å². The summed E-state index contributed by atoms with van der Waals surface area (Å²) in [6.07, 6.45) is 8.42. The second-order valence-corrected chi connectivity index (χ2v) is 4.12. The highest BCUT2D eigenvalue weighted by atomic mass is 16.5. The van der Waals surface area contributed by atoms with Crippen LogP contribution in [-0.2, 0) is 4.79 Å². The van der Waals surface area contributed by atoms with Gasteiger partial charge in [0.2, 0.25) is 0 Å². The average molecular weight is 267 g/mol. The van der Waals surface area contributed by atoms with E-state index in [9.17, 15) is 4.79 Å². The molecular formula is C17H17NO2. The molecule has 0 spiro atoms. The van der Waals surface area contributed by atoms with Crippen LogP contribution in [0, 0.1) is 19.3 Å². The number of rotatable bonds is 5. The van der Waals surface area contributed by atoms with Gasteiger partial charge in [0, 0.05) is 24.3 Å². The summed E-state index contributed by atoms with van der Waals surface area (Å²) >= 11 is 0. The van der Waals surface area contributed by atoms with Crippen LogP contribution in [0.3, 0.4) is 0 Å². The predicted molar refractivity (Wildman–Crippen MR) is 82.9 cm³/mol. The fraction of sp³-hybridized carbons (Fsp3) is 0.176. The molecule has 0 amide bonds. The molecule has 20 heavy (non-hydrogen) atoms. The average Bonchev–Trinajstić information content (AvgIpc) is 2.43. The zero-order valence-electron chi connectivity index (χ0n) is 11.9. The van der Waals surface area contributed by atoms with E-state index in [1.54, 1.807) is 13.2 Å². The standard InChI is InChI=1S/C17H17NO2/c1-6-14(11-18-16(7-2)13(4)19)15-10-8-9-12(3)17(15)20-5/h2,6,8-11H,1H2,3-5H3/b14-11+,18-16?. The van der Waals surface area contributed by atoms with Crippen molar-refractivity contribution in [3.05, 3.63) is 48.2 Å². The van der Waals surface area contributed by atoms with Crippen LogP contribution in [0.15, 0.2) is 42.0 Å². The number of aliphatic imine (C=N–C) groups is 1. The molecule has 0 atom stereocenters. The van der Waals surface area contributed by atoms with E-state index in [0.717, 1.165) is 22.4 Å². The summed E-state index contributed by atoms with van der Waals surface area (Å²) in [6.45, 7) is 7.10. The van der Waals surface area contributed by atoms with Crippen molar-refractivity contribution in [1.82, 2.24) is 0 Å². The molecule has 0 aliphatic rings. The minimum atomic E-state index is -0.247. The van der Waals surface area contributed by atoms with Gasteiger partial charge in [-0.25, -0.2) is 4.99 Å². The van der Waals surface area contributed by atoms with Crippen molar-refractivity contribution < 1.29 is 9.53 Å². The zero-order valence-corrected chi connectivity index (χ0v) is 11.9. The number of nitrogens with zero attached hydrogens (tertiary/aromatic N) is 1. The van der Waals surface area contributed by atoms with E-state index in [1.807, 2.05) is 25.1 Å². The Hall–Kier alpha value is -2.60. The van der Waals surface area contributed by atoms with Crippen LogP contribution in [0.2, 0.25) is 0 Å². The minimum Gasteiger partial charge on any atom is -0.496 e. The van der Waals surface area contributed by atoms with E-state index >= 15 is 0 Å². The Morgan fingerprint density at radius 2 is 2.20 bits per heavy atom. The molecule has 3 nitrogen and oxygen atoms in total. The van der Waals surface area contributed by atoms with Crippen molar-refractivity contribution in [2.75, 3.05) is 7.11 Å². The summed E-state index contributed by atoms with van der Waals surface area (Å²) in [7, 11) is 1.61. The first-order valence-electron chi connectivity index (χ1n) is 6.07. The Kier molecular flexibility index (Phi) is 5.49. The molecule has 102 valence electrons. The molecule has 0 bridgehead atoms. The van der Waals surface area contributed by atoms with Crippen LogP contribution in [0.25, 0.3) is 5.57 Å². The molecule has 0 aliphatic carbocycles. The number of allylic oxidation sites excluding steroid dienone is 2. The SMILES string of the molecule is C#CC(=N/C=C(\C=C)c1cccc(C)c1OC)C(C)=O. The normalized spacial score (nSPS) is 11.7. The summed E-state index contributed by atoms with van der Waals surface area (Å²) in [5.41, 5.74) is 2.67. The Morgan fingerprint density at radius 3 is 2.70 bits per heavy atom. The third-order valence-electron chi connectivity index (χ3n) is 2.75. The quantitative estimate of drug-likeness (QED) is 0.467. The molecule has 0 aliphatic heterocycles. The van der Waals surface area contributed by atoms with Gasteiger partial charge in [-0.15, -0.1) is 6.42 Å². The Morgan fingerprint density at radius 1 is 1.50 bits per heavy atom. The molecule has 3 heteroatoms. The van der Waals surface area contributed by atoms with Gasteiger partial charge in [0.1, 0.15) is 5.75 Å². The van der Waals surface area contributed by atoms with E-state index < -0.39 is 0 Å². The van der Waals surface area contributed by atoms with Gasteiger partial charge in [0.05, 0.1) is 7.11 Å². The lowest BCUT2D eigenvalue weighted by atomic mass is 10.0.